The van der Waals surface area contributed by atoms with E-state index in [-0.39, 0.29) is 23.5 Å². The number of hydrogen-bond acceptors (Lipinski definition) is 4. The quantitative estimate of drug-likeness (QED) is 0.261. The van der Waals surface area contributed by atoms with Crippen LogP contribution in [0.25, 0.3) is 0 Å². The average Bonchev–Trinajstić information content (AvgIpc) is 3.24. The molecule has 0 amide bonds. The molecule has 0 aliphatic heterocycles. The SMILES string of the molecule is C=C(C)[C@@H]1CC[C@]2(COCCOCCO)CC[C@]3(C)[C@H](CC[C@@H]4[C@@]5(C)CC[C@H](O)C(C)(C)[C@@H]5CC[C@]43C)[C@@H]12. The highest BCUT2D eigenvalue weighted by atomic mass is 16.5. The summed E-state index contributed by atoms with van der Waals surface area (Å²) in [7, 11) is 0. The summed E-state index contributed by atoms with van der Waals surface area (Å²) in [5.41, 5.74) is 2.71. The zero-order valence-corrected chi connectivity index (χ0v) is 25.5. The predicted octanol–water partition coefficient (Wildman–Crippen LogP) is 7.03. The minimum absolute atomic E-state index is 0.0164. The molecule has 0 saturated heterocycles. The molecule has 2 N–H and O–H groups in total. The maximum atomic E-state index is 11.0. The minimum Gasteiger partial charge on any atom is -0.394 e. The number of fused-ring (bicyclic) bond motifs is 7. The van der Waals surface area contributed by atoms with Gasteiger partial charge in [0.05, 0.1) is 39.1 Å². The molecule has 0 heterocycles. The molecule has 218 valence electrons. The van der Waals surface area contributed by atoms with Crippen LogP contribution < -0.4 is 0 Å². The van der Waals surface area contributed by atoms with E-state index in [1.807, 2.05) is 0 Å². The fourth-order valence-corrected chi connectivity index (χ4v) is 12.1. The van der Waals surface area contributed by atoms with Crippen molar-refractivity contribution in [1.29, 1.82) is 0 Å². The van der Waals surface area contributed by atoms with Gasteiger partial charge < -0.3 is 19.7 Å². The van der Waals surface area contributed by atoms with Gasteiger partial charge in [0.2, 0.25) is 0 Å². The van der Waals surface area contributed by atoms with E-state index in [0.29, 0.717) is 53.8 Å². The number of rotatable bonds is 8. The van der Waals surface area contributed by atoms with Crippen molar-refractivity contribution in [2.45, 2.75) is 112 Å². The van der Waals surface area contributed by atoms with Crippen LogP contribution >= 0.6 is 0 Å². The molecular formula is C34H58O4. The summed E-state index contributed by atoms with van der Waals surface area (Å²) in [5.74, 6) is 3.39. The van der Waals surface area contributed by atoms with Crippen LogP contribution in [0.15, 0.2) is 12.2 Å². The lowest BCUT2D eigenvalue weighted by Crippen LogP contribution is -2.66. The van der Waals surface area contributed by atoms with Crippen LogP contribution in [0.3, 0.4) is 0 Å². The molecule has 0 spiro atoms. The van der Waals surface area contributed by atoms with E-state index in [1.165, 1.54) is 63.4 Å². The number of aliphatic hydroxyl groups is 2. The lowest BCUT2D eigenvalue weighted by molar-refractivity contribution is -0.250. The van der Waals surface area contributed by atoms with Crippen molar-refractivity contribution in [3.8, 4) is 0 Å². The molecule has 0 bridgehead atoms. The van der Waals surface area contributed by atoms with Crippen molar-refractivity contribution in [1.82, 2.24) is 0 Å². The Labute approximate surface area is 233 Å². The van der Waals surface area contributed by atoms with Gasteiger partial charge in [0.15, 0.2) is 0 Å². The van der Waals surface area contributed by atoms with Gasteiger partial charge in [-0.25, -0.2) is 0 Å². The Kier molecular flexibility index (Phi) is 7.76. The fraction of sp³-hybridized carbons (Fsp3) is 0.941. The number of allylic oxidation sites excluding steroid dienone is 1. The van der Waals surface area contributed by atoms with Gasteiger partial charge >= 0.3 is 0 Å². The summed E-state index contributed by atoms with van der Waals surface area (Å²) in [4.78, 5) is 0. The van der Waals surface area contributed by atoms with Crippen LogP contribution in [0.4, 0.5) is 0 Å². The standard InChI is InChI=1S/C34H58O4/c1-23(2)24-10-15-34(22-38-21-20-37-19-18-35)17-16-32(6)25(29(24)34)8-9-27-31(5)13-12-28(36)30(3,4)26(31)11-14-33(27,32)7/h24-29,35-36H,1,8-22H2,2-7H3/t24-,25+,26-,27+,28-,29+,31-,32+,33+,34+/m0/s1. The van der Waals surface area contributed by atoms with Crippen molar-refractivity contribution < 1.29 is 19.7 Å². The number of aliphatic hydroxyl groups excluding tert-OH is 2. The molecule has 5 aliphatic carbocycles. The minimum atomic E-state index is -0.156. The highest BCUT2D eigenvalue weighted by molar-refractivity contribution is 5.21. The summed E-state index contributed by atoms with van der Waals surface area (Å²) >= 11 is 0. The largest absolute Gasteiger partial charge is 0.394 e. The maximum absolute atomic E-state index is 11.0. The summed E-state index contributed by atoms with van der Waals surface area (Å²) in [6.07, 6.45) is 12.4. The number of hydrogen-bond donors (Lipinski definition) is 2. The lowest BCUT2D eigenvalue weighted by atomic mass is 9.32. The van der Waals surface area contributed by atoms with Crippen LogP contribution in [0.1, 0.15) is 106 Å². The van der Waals surface area contributed by atoms with Gasteiger partial charge in [-0.3, -0.25) is 0 Å². The summed E-state index contributed by atoms with van der Waals surface area (Å²) in [6, 6.07) is 0. The van der Waals surface area contributed by atoms with Gasteiger partial charge in [-0.1, -0.05) is 46.8 Å². The van der Waals surface area contributed by atoms with E-state index in [1.54, 1.807) is 0 Å². The molecule has 5 saturated carbocycles. The lowest BCUT2D eigenvalue weighted by Gasteiger charge is -2.73. The molecular weight excluding hydrogens is 472 g/mol. The van der Waals surface area contributed by atoms with E-state index >= 15 is 0 Å². The molecule has 38 heavy (non-hydrogen) atoms. The van der Waals surface area contributed by atoms with Gasteiger partial charge in [0.1, 0.15) is 0 Å². The zero-order valence-electron chi connectivity index (χ0n) is 25.5. The second kappa shape index (κ2) is 10.1. The van der Waals surface area contributed by atoms with E-state index in [0.717, 1.165) is 24.9 Å². The van der Waals surface area contributed by atoms with Crippen molar-refractivity contribution in [3.63, 3.8) is 0 Å². The first-order valence-corrected chi connectivity index (χ1v) is 16.0. The molecule has 5 rings (SSSR count). The third-order valence-corrected chi connectivity index (χ3v) is 14.2. The number of ether oxygens (including phenoxy) is 2. The van der Waals surface area contributed by atoms with Crippen LogP contribution in [-0.2, 0) is 9.47 Å². The Balaban J connectivity index is 1.42. The van der Waals surface area contributed by atoms with Crippen molar-refractivity contribution in [3.05, 3.63) is 12.2 Å². The molecule has 0 aromatic carbocycles. The third-order valence-electron chi connectivity index (χ3n) is 14.2. The van der Waals surface area contributed by atoms with Gasteiger partial charge in [-0.05, 0) is 128 Å². The van der Waals surface area contributed by atoms with Crippen molar-refractivity contribution >= 4 is 0 Å². The van der Waals surface area contributed by atoms with Crippen molar-refractivity contribution in [2.24, 2.45) is 56.7 Å². The molecule has 5 aliphatic rings. The van der Waals surface area contributed by atoms with Gasteiger partial charge in [-0.15, -0.1) is 0 Å². The Morgan fingerprint density at radius 3 is 2.24 bits per heavy atom. The van der Waals surface area contributed by atoms with E-state index < -0.39 is 0 Å². The topological polar surface area (TPSA) is 58.9 Å². The molecule has 4 nitrogen and oxygen atoms in total. The highest BCUT2D eigenvalue weighted by Crippen LogP contribution is 2.77. The van der Waals surface area contributed by atoms with E-state index in [9.17, 15) is 5.11 Å². The van der Waals surface area contributed by atoms with Gasteiger partial charge in [-0.2, -0.15) is 0 Å². The normalized spacial score (nSPS) is 49.5. The first-order chi connectivity index (χ1) is 17.9. The first kappa shape index (κ1) is 29.1. The summed E-state index contributed by atoms with van der Waals surface area (Å²) in [5, 5.41) is 20.0. The summed E-state index contributed by atoms with van der Waals surface area (Å²) < 4.78 is 11.8. The van der Waals surface area contributed by atoms with Crippen LogP contribution in [0.5, 0.6) is 0 Å². The Morgan fingerprint density at radius 1 is 0.789 bits per heavy atom. The molecule has 0 aromatic heterocycles. The summed E-state index contributed by atoms with van der Waals surface area (Å²) in [6.45, 7) is 22.1. The van der Waals surface area contributed by atoms with Crippen LogP contribution in [0, 0.1) is 56.7 Å². The monoisotopic (exact) mass is 530 g/mol. The second-order valence-electron chi connectivity index (χ2n) is 15.8. The van der Waals surface area contributed by atoms with Gasteiger partial charge in [0, 0.05) is 0 Å². The molecule has 5 fully saturated rings. The van der Waals surface area contributed by atoms with Crippen LogP contribution in [-0.4, -0.2) is 49.4 Å². The molecule has 0 unspecified atom stereocenters. The third kappa shape index (κ3) is 4.12. The predicted molar refractivity (Wildman–Crippen MR) is 154 cm³/mol. The van der Waals surface area contributed by atoms with E-state index in [2.05, 4.69) is 48.1 Å². The first-order valence-electron chi connectivity index (χ1n) is 16.0. The Bertz CT molecular complexity index is 884. The Hall–Kier alpha value is -0.420. The highest BCUT2D eigenvalue weighted by Gasteiger charge is 2.70. The zero-order chi connectivity index (χ0) is 27.6. The smallest absolute Gasteiger partial charge is 0.0701 e. The molecule has 4 heteroatoms. The van der Waals surface area contributed by atoms with Crippen LogP contribution in [0.2, 0.25) is 0 Å². The van der Waals surface area contributed by atoms with Crippen molar-refractivity contribution in [2.75, 3.05) is 33.0 Å². The fourth-order valence-electron chi connectivity index (χ4n) is 12.1. The second-order valence-corrected chi connectivity index (χ2v) is 15.8. The molecule has 0 aromatic rings. The molecule has 10 atom stereocenters. The average molecular weight is 531 g/mol. The Morgan fingerprint density at radius 2 is 1.53 bits per heavy atom. The van der Waals surface area contributed by atoms with E-state index in [4.69, 9.17) is 14.6 Å². The molecule has 0 radical (unpaired) electrons. The maximum Gasteiger partial charge on any atom is 0.0701 e. The van der Waals surface area contributed by atoms with Gasteiger partial charge in [0.25, 0.3) is 0 Å².